The smallest absolute Gasteiger partial charge is 0.306 e. The average Bonchev–Trinajstić information content (AvgIpc) is 2.74. The van der Waals surface area contributed by atoms with Gasteiger partial charge in [-0.15, -0.1) is 0 Å². The SMILES string of the molecule is CCCCCc1ccc([C@@H](CCC(C)C)[C@@H](C)CC(=O)OCc2ccccc2)nc1. The zero-order valence-electron chi connectivity index (χ0n) is 19.3. The number of unbranched alkanes of at least 4 members (excludes halogenated alkanes) is 2. The minimum atomic E-state index is -0.128. The summed E-state index contributed by atoms with van der Waals surface area (Å²) >= 11 is 0. The summed E-state index contributed by atoms with van der Waals surface area (Å²) in [5.74, 6) is 0.988. The Labute approximate surface area is 183 Å². The highest BCUT2D eigenvalue weighted by molar-refractivity contribution is 5.69. The molecule has 1 aromatic carbocycles. The van der Waals surface area contributed by atoms with E-state index in [1.54, 1.807) is 0 Å². The summed E-state index contributed by atoms with van der Waals surface area (Å²) in [6.45, 7) is 9.23. The van der Waals surface area contributed by atoms with Gasteiger partial charge in [0.05, 0.1) is 0 Å². The number of esters is 1. The maximum Gasteiger partial charge on any atom is 0.306 e. The molecule has 2 rings (SSSR count). The summed E-state index contributed by atoms with van der Waals surface area (Å²) in [6, 6.07) is 14.3. The van der Waals surface area contributed by atoms with Crippen molar-refractivity contribution in [2.75, 3.05) is 0 Å². The van der Waals surface area contributed by atoms with Crippen LogP contribution in [0.25, 0.3) is 0 Å². The molecule has 3 heteroatoms. The molecule has 164 valence electrons. The molecule has 0 bridgehead atoms. The van der Waals surface area contributed by atoms with E-state index in [9.17, 15) is 4.79 Å². The molecule has 0 spiro atoms. The van der Waals surface area contributed by atoms with E-state index < -0.39 is 0 Å². The summed E-state index contributed by atoms with van der Waals surface area (Å²) in [7, 11) is 0. The highest BCUT2D eigenvalue weighted by atomic mass is 16.5. The molecule has 0 amide bonds. The van der Waals surface area contributed by atoms with Gasteiger partial charge in [0.2, 0.25) is 0 Å². The molecule has 30 heavy (non-hydrogen) atoms. The van der Waals surface area contributed by atoms with Crippen LogP contribution in [0.3, 0.4) is 0 Å². The molecule has 1 heterocycles. The summed E-state index contributed by atoms with van der Waals surface area (Å²) in [6.07, 6.45) is 9.46. The average molecular weight is 410 g/mol. The third kappa shape index (κ3) is 8.69. The first-order valence-corrected chi connectivity index (χ1v) is 11.6. The predicted molar refractivity (Wildman–Crippen MR) is 124 cm³/mol. The summed E-state index contributed by atoms with van der Waals surface area (Å²) in [4.78, 5) is 17.3. The number of rotatable bonds is 13. The second kappa shape index (κ2) is 13.2. The number of pyridine rings is 1. The van der Waals surface area contributed by atoms with Crippen LogP contribution in [0.2, 0.25) is 0 Å². The molecule has 0 fully saturated rings. The molecule has 2 atom stereocenters. The van der Waals surface area contributed by atoms with Gasteiger partial charge >= 0.3 is 5.97 Å². The van der Waals surface area contributed by atoms with Crippen LogP contribution in [0.15, 0.2) is 48.7 Å². The number of carbonyl (C=O) groups is 1. The Hall–Kier alpha value is -2.16. The third-order valence-electron chi connectivity index (χ3n) is 5.77. The van der Waals surface area contributed by atoms with Crippen molar-refractivity contribution in [3.8, 4) is 0 Å². The lowest BCUT2D eigenvalue weighted by molar-refractivity contribution is -0.146. The second-order valence-corrected chi connectivity index (χ2v) is 8.95. The van der Waals surface area contributed by atoms with E-state index in [2.05, 4.69) is 39.8 Å². The van der Waals surface area contributed by atoms with Gasteiger partial charge in [-0.05, 0) is 48.3 Å². The van der Waals surface area contributed by atoms with E-state index in [0.717, 1.165) is 30.5 Å². The van der Waals surface area contributed by atoms with E-state index >= 15 is 0 Å². The van der Waals surface area contributed by atoms with Crippen LogP contribution in [0.5, 0.6) is 0 Å². The molecule has 0 aliphatic carbocycles. The van der Waals surface area contributed by atoms with Crippen LogP contribution in [0, 0.1) is 11.8 Å². The monoisotopic (exact) mass is 409 g/mol. The first-order chi connectivity index (χ1) is 14.5. The number of benzene rings is 1. The largest absolute Gasteiger partial charge is 0.461 e. The molecule has 1 aromatic heterocycles. The normalized spacial score (nSPS) is 13.2. The van der Waals surface area contributed by atoms with Crippen LogP contribution in [-0.2, 0) is 22.6 Å². The van der Waals surface area contributed by atoms with Crippen molar-refractivity contribution in [2.24, 2.45) is 11.8 Å². The van der Waals surface area contributed by atoms with Crippen molar-refractivity contribution in [2.45, 2.75) is 85.2 Å². The molecule has 0 radical (unpaired) electrons. The number of nitrogens with zero attached hydrogens (tertiary/aromatic N) is 1. The maximum absolute atomic E-state index is 12.5. The first kappa shape index (κ1) is 24.1. The van der Waals surface area contributed by atoms with Crippen molar-refractivity contribution in [1.82, 2.24) is 4.98 Å². The minimum Gasteiger partial charge on any atom is -0.461 e. The van der Waals surface area contributed by atoms with Crippen LogP contribution in [0.4, 0.5) is 0 Å². The maximum atomic E-state index is 12.5. The quantitative estimate of drug-likeness (QED) is 0.261. The lowest BCUT2D eigenvalue weighted by atomic mass is 9.83. The lowest BCUT2D eigenvalue weighted by Gasteiger charge is -2.24. The van der Waals surface area contributed by atoms with Crippen molar-refractivity contribution < 1.29 is 9.53 Å². The molecule has 0 N–H and O–H groups in total. The zero-order chi connectivity index (χ0) is 21.8. The van der Waals surface area contributed by atoms with E-state index in [0.29, 0.717) is 18.9 Å². The van der Waals surface area contributed by atoms with E-state index in [1.165, 1.54) is 24.8 Å². The van der Waals surface area contributed by atoms with Crippen molar-refractivity contribution in [1.29, 1.82) is 0 Å². The van der Waals surface area contributed by atoms with E-state index in [1.807, 2.05) is 36.5 Å². The van der Waals surface area contributed by atoms with Gasteiger partial charge in [-0.1, -0.05) is 83.4 Å². The molecular weight excluding hydrogens is 370 g/mol. The lowest BCUT2D eigenvalue weighted by Crippen LogP contribution is -2.18. The summed E-state index contributed by atoms with van der Waals surface area (Å²) in [5, 5.41) is 0. The van der Waals surface area contributed by atoms with Crippen LogP contribution < -0.4 is 0 Å². The number of carbonyl (C=O) groups excluding carboxylic acids is 1. The Morgan fingerprint density at radius 1 is 0.967 bits per heavy atom. The van der Waals surface area contributed by atoms with E-state index in [-0.39, 0.29) is 17.8 Å². The van der Waals surface area contributed by atoms with Gasteiger partial charge in [0.1, 0.15) is 6.61 Å². The number of hydrogen-bond acceptors (Lipinski definition) is 3. The predicted octanol–water partition coefficient (Wildman–Crippen LogP) is 7.10. The first-order valence-electron chi connectivity index (χ1n) is 11.6. The molecule has 0 aliphatic rings. The van der Waals surface area contributed by atoms with Gasteiger partial charge < -0.3 is 4.74 Å². The zero-order valence-corrected chi connectivity index (χ0v) is 19.3. The third-order valence-corrected chi connectivity index (χ3v) is 5.77. The molecule has 0 unspecified atom stereocenters. The van der Waals surface area contributed by atoms with Gasteiger partial charge in [-0.3, -0.25) is 9.78 Å². The number of hydrogen-bond donors (Lipinski definition) is 0. The Morgan fingerprint density at radius 2 is 1.73 bits per heavy atom. The standard InChI is InChI=1S/C27H39NO2/c1-5-6-8-11-23-15-17-26(28-19-23)25(16-14-21(2)3)22(4)18-27(29)30-20-24-12-9-7-10-13-24/h7,9-10,12-13,15,17,19,21-22,25H,5-6,8,11,14,16,18,20H2,1-4H3/t22-,25-/m0/s1. The van der Waals surface area contributed by atoms with Crippen molar-refractivity contribution >= 4 is 5.97 Å². The Morgan fingerprint density at radius 3 is 2.37 bits per heavy atom. The van der Waals surface area contributed by atoms with Crippen molar-refractivity contribution in [3.05, 3.63) is 65.5 Å². The second-order valence-electron chi connectivity index (χ2n) is 8.95. The highest BCUT2D eigenvalue weighted by Crippen LogP contribution is 2.32. The Kier molecular flexibility index (Phi) is 10.6. The van der Waals surface area contributed by atoms with Crippen molar-refractivity contribution in [3.63, 3.8) is 0 Å². The van der Waals surface area contributed by atoms with Gasteiger partial charge in [-0.25, -0.2) is 0 Å². The van der Waals surface area contributed by atoms with Gasteiger partial charge in [0.25, 0.3) is 0 Å². The number of aryl methyl sites for hydroxylation is 1. The summed E-state index contributed by atoms with van der Waals surface area (Å²) in [5.41, 5.74) is 3.44. The summed E-state index contributed by atoms with van der Waals surface area (Å²) < 4.78 is 5.53. The van der Waals surface area contributed by atoms with Gasteiger partial charge in [-0.2, -0.15) is 0 Å². The fourth-order valence-corrected chi connectivity index (χ4v) is 3.82. The molecule has 0 aliphatic heterocycles. The molecule has 2 aromatic rings. The number of ether oxygens (including phenoxy) is 1. The highest BCUT2D eigenvalue weighted by Gasteiger charge is 2.24. The molecule has 0 saturated carbocycles. The van der Waals surface area contributed by atoms with E-state index in [4.69, 9.17) is 9.72 Å². The van der Waals surface area contributed by atoms with Crippen LogP contribution >= 0.6 is 0 Å². The minimum absolute atomic E-state index is 0.128. The molecule has 0 saturated heterocycles. The van der Waals surface area contributed by atoms with Crippen LogP contribution in [0.1, 0.15) is 89.0 Å². The Balaban J connectivity index is 1.97. The molecule has 3 nitrogen and oxygen atoms in total. The van der Waals surface area contributed by atoms with Gasteiger partial charge in [0, 0.05) is 24.2 Å². The fraction of sp³-hybridized carbons (Fsp3) is 0.556. The van der Waals surface area contributed by atoms with Gasteiger partial charge in [0.15, 0.2) is 0 Å². The fourth-order valence-electron chi connectivity index (χ4n) is 3.82. The number of aromatic nitrogens is 1. The topological polar surface area (TPSA) is 39.2 Å². The van der Waals surface area contributed by atoms with Crippen LogP contribution in [-0.4, -0.2) is 11.0 Å². The molecular formula is C27H39NO2. The Bertz CT molecular complexity index is 724.